The van der Waals surface area contributed by atoms with Crippen molar-refractivity contribution in [3.63, 3.8) is 0 Å². The van der Waals surface area contributed by atoms with Crippen LogP contribution in [0.4, 0.5) is 0 Å². The number of aliphatic hydroxyl groups excluding tert-OH is 1. The topological polar surface area (TPSA) is 92.4 Å². The summed E-state index contributed by atoms with van der Waals surface area (Å²) in [5, 5.41) is 14.5. The van der Waals surface area contributed by atoms with Gasteiger partial charge in [0.1, 0.15) is 11.2 Å². The van der Waals surface area contributed by atoms with E-state index in [9.17, 15) is 8.42 Å². The fourth-order valence-electron chi connectivity index (χ4n) is 1.53. The van der Waals surface area contributed by atoms with Crippen LogP contribution in [0.15, 0.2) is 27.1 Å². The molecule has 0 aromatic carbocycles. The summed E-state index contributed by atoms with van der Waals surface area (Å²) in [7, 11) is -3.65. The Labute approximate surface area is 108 Å². The van der Waals surface area contributed by atoms with Gasteiger partial charge < -0.3 is 9.63 Å². The highest BCUT2D eigenvalue weighted by Crippen LogP contribution is 2.26. The molecule has 2 N–H and O–H groups in total. The molecule has 0 aliphatic rings. The van der Waals surface area contributed by atoms with Gasteiger partial charge in [0.15, 0.2) is 0 Å². The molecule has 2 aromatic rings. The van der Waals surface area contributed by atoms with Crippen molar-refractivity contribution in [2.75, 3.05) is 0 Å². The van der Waals surface area contributed by atoms with Gasteiger partial charge >= 0.3 is 0 Å². The Hall–Kier alpha value is -1.22. The SMILES string of the molecule is Cc1csc(CO)c1S(=O)(=O)NCc1ccon1. The average molecular weight is 288 g/mol. The summed E-state index contributed by atoms with van der Waals surface area (Å²) in [6.07, 6.45) is 1.37. The van der Waals surface area contributed by atoms with Crippen LogP contribution in [0.25, 0.3) is 0 Å². The molecule has 0 saturated heterocycles. The Kier molecular flexibility index (Phi) is 3.81. The Balaban J connectivity index is 2.22. The van der Waals surface area contributed by atoms with E-state index in [2.05, 4.69) is 14.4 Å². The van der Waals surface area contributed by atoms with Crippen LogP contribution in [0.2, 0.25) is 0 Å². The lowest BCUT2D eigenvalue weighted by Crippen LogP contribution is -2.24. The largest absolute Gasteiger partial charge is 0.391 e. The number of nitrogens with one attached hydrogen (secondary N) is 1. The predicted octanol–water partition coefficient (Wildman–Crippen LogP) is 1.02. The van der Waals surface area contributed by atoms with Crippen LogP contribution in [-0.2, 0) is 23.2 Å². The number of aryl methyl sites for hydroxylation is 1. The third kappa shape index (κ3) is 2.61. The highest BCUT2D eigenvalue weighted by Gasteiger charge is 2.22. The molecule has 8 heteroatoms. The van der Waals surface area contributed by atoms with Crippen LogP contribution in [0, 0.1) is 6.92 Å². The number of sulfonamides is 1. The first kappa shape index (κ1) is 13.2. The first-order valence-electron chi connectivity index (χ1n) is 5.11. The molecule has 0 aliphatic heterocycles. The third-order valence-corrected chi connectivity index (χ3v) is 5.18. The van der Waals surface area contributed by atoms with Gasteiger partial charge in [0, 0.05) is 6.07 Å². The van der Waals surface area contributed by atoms with E-state index in [0.29, 0.717) is 16.1 Å². The van der Waals surface area contributed by atoms with Crippen LogP contribution in [0.5, 0.6) is 0 Å². The molecule has 0 bridgehead atoms. The molecule has 6 nitrogen and oxygen atoms in total. The zero-order chi connectivity index (χ0) is 13.2. The third-order valence-electron chi connectivity index (χ3n) is 2.34. The summed E-state index contributed by atoms with van der Waals surface area (Å²) in [5.41, 5.74) is 1.12. The van der Waals surface area contributed by atoms with Crippen molar-refractivity contribution < 1.29 is 18.0 Å². The number of thiophene rings is 1. The number of hydrogen-bond acceptors (Lipinski definition) is 6. The van der Waals surface area contributed by atoms with Gasteiger partial charge in [0.05, 0.1) is 23.7 Å². The fraction of sp³-hybridized carbons (Fsp3) is 0.300. The molecule has 0 aliphatic carbocycles. The lowest BCUT2D eigenvalue weighted by Gasteiger charge is -2.06. The molecule has 18 heavy (non-hydrogen) atoms. The van der Waals surface area contributed by atoms with E-state index >= 15 is 0 Å². The molecular weight excluding hydrogens is 276 g/mol. The Morgan fingerprint density at radius 2 is 2.33 bits per heavy atom. The van der Waals surface area contributed by atoms with Crippen molar-refractivity contribution in [2.45, 2.75) is 25.0 Å². The zero-order valence-electron chi connectivity index (χ0n) is 9.58. The van der Waals surface area contributed by atoms with E-state index in [0.717, 1.165) is 0 Å². The molecule has 0 fully saturated rings. The van der Waals surface area contributed by atoms with Crippen molar-refractivity contribution in [1.29, 1.82) is 0 Å². The molecule has 0 saturated carbocycles. The second-order valence-electron chi connectivity index (χ2n) is 3.64. The van der Waals surface area contributed by atoms with Gasteiger partial charge in [-0.3, -0.25) is 0 Å². The standard InChI is InChI=1S/C10H12N2O4S2/c1-7-6-17-9(5-13)10(7)18(14,15)11-4-8-2-3-16-12-8/h2-3,6,11,13H,4-5H2,1H3. The van der Waals surface area contributed by atoms with E-state index in [1.807, 2.05) is 0 Å². The smallest absolute Gasteiger partial charge is 0.242 e. The molecule has 0 atom stereocenters. The van der Waals surface area contributed by atoms with Gasteiger partial charge in [-0.05, 0) is 17.9 Å². The Morgan fingerprint density at radius 3 is 2.94 bits per heavy atom. The maximum atomic E-state index is 12.1. The summed E-state index contributed by atoms with van der Waals surface area (Å²) in [5.74, 6) is 0. The minimum Gasteiger partial charge on any atom is -0.391 e. The summed E-state index contributed by atoms with van der Waals surface area (Å²) in [4.78, 5) is 0.582. The summed E-state index contributed by atoms with van der Waals surface area (Å²) >= 11 is 1.22. The maximum Gasteiger partial charge on any atom is 0.242 e. The van der Waals surface area contributed by atoms with Gasteiger partial charge in [-0.1, -0.05) is 5.16 Å². The van der Waals surface area contributed by atoms with Crippen molar-refractivity contribution >= 4 is 21.4 Å². The van der Waals surface area contributed by atoms with E-state index in [-0.39, 0.29) is 18.0 Å². The van der Waals surface area contributed by atoms with E-state index in [4.69, 9.17) is 5.11 Å². The molecule has 2 heterocycles. The second-order valence-corrected chi connectivity index (χ2v) is 6.31. The number of aliphatic hydroxyl groups is 1. The van der Waals surface area contributed by atoms with Gasteiger partial charge in [-0.2, -0.15) is 0 Å². The zero-order valence-corrected chi connectivity index (χ0v) is 11.2. The van der Waals surface area contributed by atoms with E-state index in [1.54, 1.807) is 18.4 Å². The highest BCUT2D eigenvalue weighted by atomic mass is 32.2. The Bertz CT molecular complexity index is 616. The van der Waals surface area contributed by atoms with Gasteiger partial charge in [-0.25, -0.2) is 13.1 Å². The number of nitrogens with zero attached hydrogens (tertiary/aromatic N) is 1. The number of rotatable bonds is 5. The lowest BCUT2D eigenvalue weighted by molar-refractivity contribution is 0.282. The monoisotopic (exact) mass is 288 g/mol. The highest BCUT2D eigenvalue weighted by molar-refractivity contribution is 7.89. The van der Waals surface area contributed by atoms with Crippen LogP contribution < -0.4 is 4.72 Å². The normalized spacial score (nSPS) is 11.9. The molecule has 98 valence electrons. The summed E-state index contributed by atoms with van der Waals surface area (Å²) in [6, 6.07) is 1.58. The minimum atomic E-state index is -3.65. The molecule has 0 spiro atoms. The quantitative estimate of drug-likeness (QED) is 0.856. The molecule has 2 aromatic heterocycles. The van der Waals surface area contributed by atoms with Crippen molar-refractivity contribution in [2.24, 2.45) is 0 Å². The van der Waals surface area contributed by atoms with Gasteiger partial charge in [0.25, 0.3) is 0 Å². The molecule has 0 unspecified atom stereocenters. The molecule has 0 amide bonds. The summed E-state index contributed by atoms with van der Waals surface area (Å²) < 4.78 is 31.3. The van der Waals surface area contributed by atoms with Gasteiger partial charge in [0.2, 0.25) is 10.0 Å². The predicted molar refractivity (Wildman–Crippen MR) is 65.5 cm³/mol. The Morgan fingerprint density at radius 1 is 1.56 bits per heavy atom. The average Bonchev–Trinajstić information content (AvgIpc) is 2.95. The van der Waals surface area contributed by atoms with Crippen LogP contribution >= 0.6 is 11.3 Å². The molecular formula is C10H12N2O4S2. The summed E-state index contributed by atoms with van der Waals surface area (Å²) in [6.45, 7) is 1.46. The second kappa shape index (κ2) is 5.19. The van der Waals surface area contributed by atoms with E-state index < -0.39 is 10.0 Å². The lowest BCUT2D eigenvalue weighted by atomic mass is 10.3. The van der Waals surface area contributed by atoms with Crippen molar-refractivity contribution in [3.05, 3.63) is 33.8 Å². The molecule has 0 radical (unpaired) electrons. The first-order chi connectivity index (χ1) is 8.54. The number of aromatic nitrogens is 1. The van der Waals surface area contributed by atoms with Crippen molar-refractivity contribution in [1.82, 2.24) is 9.88 Å². The van der Waals surface area contributed by atoms with Crippen LogP contribution in [-0.4, -0.2) is 18.7 Å². The fourth-order valence-corrected chi connectivity index (χ4v) is 4.18. The minimum absolute atomic E-state index is 0.0546. The van der Waals surface area contributed by atoms with Crippen LogP contribution in [0.3, 0.4) is 0 Å². The molecule has 2 rings (SSSR count). The van der Waals surface area contributed by atoms with Gasteiger partial charge in [-0.15, -0.1) is 11.3 Å². The first-order valence-corrected chi connectivity index (χ1v) is 7.47. The number of hydrogen-bond donors (Lipinski definition) is 2. The maximum absolute atomic E-state index is 12.1. The van der Waals surface area contributed by atoms with Crippen LogP contribution in [0.1, 0.15) is 16.1 Å². The van der Waals surface area contributed by atoms with Crippen molar-refractivity contribution in [3.8, 4) is 0 Å². The van der Waals surface area contributed by atoms with E-state index in [1.165, 1.54) is 17.6 Å².